The fraction of sp³-hybridized carbons (Fsp3) is 0.200. The van der Waals surface area contributed by atoms with Gasteiger partial charge >= 0.3 is 0 Å². The summed E-state index contributed by atoms with van der Waals surface area (Å²) in [4.78, 5) is 4.18. The summed E-state index contributed by atoms with van der Waals surface area (Å²) in [6.45, 7) is 0. The van der Waals surface area contributed by atoms with Crippen LogP contribution in [0.5, 0.6) is 0 Å². The molecule has 0 spiro atoms. The maximum Gasteiger partial charge on any atom is 0.131 e. The third kappa shape index (κ3) is 1.24. The van der Waals surface area contributed by atoms with Crippen LogP contribution in [0.3, 0.4) is 0 Å². The van der Waals surface area contributed by atoms with Crippen LogP contribution in [0.15, 0.2) is 12.1 Å². The fourth-order valence-corrected chi connectivity index (χ4v) is 1.82. The molecule has 1 aromatic heterocycles. The largest absolute Gasteiger partial charge is 0.387 e. The van der Waals surface area contributed by atoms with Gasteiger partial charge in [0.25, 0.3) is 0 Å². The molecule has 3 nitrogen and oxygen atoms in total. The highest BCUT2D eigenvalue weighted by atomic mass is 35.5. The molecule has 2 rings (SSSR count). The highest BCUT2D eigenvalue weighted by Gasteiger charge is 2.19. The first-order valence-corrected chi connectivity index (χ1v) is 4.62. The van der Waals surface area contributed by atoms with E-state index in [1.54, 1.807) is 13.1 Å². The molecule has 0 fully saturated rings. The van der Waals surface area contributed by atoms with E-state index < -0.39 is 0 Å². The first-order chi connectivity index (χ1) is 6.76. The average Bonchev–Trinajstić information content (AvgIpc) is 2.59. The molecule has 4 heteroatoms. The van der Waals surface area contributed by atoms with E-state index in [-0.39, 0.29) is 0 Å². The normalized spacial score (nSPS) is 13.1. The lowest BCUT2D eigenvalue weighted by atomic mass is 10.1. The van der Waals surface area contributed by atoms with E-state index in [1.165, 1.54) is 0 Å². The molecule has 14 heavy (non-hydrogen) atoms. The maximum atomic E-state index is 8.90. The Morgan fingerprint density at radius 2 is 2.43 bits per heavy atom. The Morgan fingerprint density at radius 1 is 1.64 bits per heavy atom. The zero-order chi connectivity index (χ0) is 10.1. The second-order valence-corrected chi connectivity index (χ2v) is 3.39. The highest BCUT2D eigenvalue weighted by Crippen LogP contribution is 2.33. The van der Waals surface area contributed by atoms with Crippen molar-refractivity contribution in [1.29, 1.82) is 5.26 Å². The third-order valence-corrected chi connectivity index (χ3v) is 2.42. The Bertz CT molecular complexity index is 457. The summed E-state index contributed by atoms with van der Waals surface area (Å²) < 4.78 is 0. The van der Waals surface area contributed by atoms with Gasteiger partial charge in [0, 0.05) is 24.7 Å². The van der Waals surface area contributed by atoms with Crippen LogP contribution in [0, 0.1) is 11.3 Å². The van der Waals surface area contributed by atoms with Crippen molar-refractivity contribution in [2.45, 2.75) is 6.42 Å². The van der Waals surface area contributed by atoms with Gasteiger partial charge in [-0.1, -0.05) is 17.7 Å². The molecule has 0 saturated heterocycles. The van der Waals surface area contributed by atoms with Gasteiger partial charge < -0.3 is 5.32 Å². The van der Waals surface area contributed by atoms with E-state index in [0.717, 1.165) is 16.9 Å². The highest BCUT2D eigenvalue weighted by molar-refractivity contribution is 6.29. The minimum Gasteiger partial charge on any atom is -0.387 e. The third-order valence-electron chi connectivity index (χ3n) is 2.22. The number of halogens is 1. The molecule has 70 valence electrons. The van der Waals surface area contributed by atoms with Crippen LogP contribution in [-0.4, -0.2) is 12.0 Å². The number of rotatable bonds is 1. The van der Waals surface area contributed by atoms with Gasteiger partial charge in [-0.15, -0.1) is 0 Å². The molecule has 0 atom stereocenters. The number of fused-ring (bicyclic) bond motifs is 1. The standard InChI is InChI=1S/C10H8ClN3/c1-13-8-4-9(11)14-7-3-2-6(5-12)10(7)8/h2,4H,3H2,1H3,(H,13,14). The van der Waals surface area contributed by atoms with Gasteiger partial charge in [-0.3, -0.25) is 0 Å². The minimum atomic E-state index is 0.459. The summed E-state index contributed by atoms with van der Waals surface area (Å²) in [5, 5.41) is 12.4. The smallest absolute Gasteiger partial charge is 0.131 e. The second kappa shape index (κ2) is 3.32. The number of aromatic nitrogens is 1. The summed E-state index contributed by atoms with van der Waals surface area (Å²) >= 11 is 5.84. The van der Waals surface area contributed by atoms with Gasteiger partial charge in [0.05, 0.1) is 17.3 Å². The van der Waals surface area contributed by atoms with Crippen molar-refractivity contribution in [2.24, 2.45) is 0 Å². The van der Waals surface area contributed by atoms with Crippen LogP contribution < -0.4 is 5.32 Å². The molecular formula is C10H8ClN3. The van der Waals surface area contributed by atoms with Crippen LogP contribution in [0.1, 0.15) is 11.3 Å². The minimum absolute atomic E-state index is 0.459. The summed E-state index contributed by atoms with van der Waals surface area (Å²) in [6.07, 6.45) is 2.56. The zero-order valence-corrected chi connectivity index (χ0v) is 8.39. The predicted molar refractivity (Wildman–Crippen MR) is 56.1 cm³/mol. The van der Waals surface area contributed by atoms with Crippen molar-refractivity contribution in [3.8, 4) is 6.07 Å². The Labute approximate surface area is 87.0 Å². The quantitative estimate of drug-likeness (QED) is 0.716. The summed E-state index contributed by atoms with van der Waals surface area (Å²) in [7, 11) is 1.80. The molecule has 0 bridgehead atoms. The van der Waals surface area contributed by atoms with Gasteiger partial charge in [-0.2, -0.15) is 5.26 Å². The number of pyridine rings is 1. The number of nitrogens with one attached hydrogen (secondary N) is 1. The zero-order valence-electron chi connectivity index (χ0n) is 7.63. The molecule has 0 aliphatic heterocycles. The molecule has 1 aliphatic carbocycles. The molecule has 0 saturated carbocycles. The lowest BCUT2D eigenvalue weighted by molar-refractivity contribution is 1.13. The van der Waals surface area contributed by atoms with Crippen LogP contribution in [0.2, 0.25) is 5.15 Å². The number of nitrogens with zero attached hydrogens (tertiary/aromatic N) is 2. The van der Waals surface area contributed by atoms with E-state index in [4.69, 9.17) is 16.9 Å². The van der Waals surface area contributed by atoms with Crippen molar-refractivity contribution in [3.63, 3.8) is 0 Å². The van der Waals surface area contributed by atoms with Crippen LogP contribution >= 0.6 is 11.6 Å². The first kappa shape index (κ1) is 9.04. The maximum absolute atomic E-state index is 8.90. The van der Waals surface area contributed by atoms with Crippen molar-refractivity contribution in [2.75, 3.05) is 12.4 Å². The summed E-state index contributed by atoms with van der Waals surface area (Å²) in [5.41, 5.74) is 3.30. The van der Waals surface area contributed by atoms with Gasteiger partial charge in [0.2, 0.25) is 0 Å². The van der Waals surface area contributed by atoms with E-state index in [2.05, 4.69) is 16.4 Å². The van der Waals surface area contributed by atoms with E-state index >= 15 is 0 Å². The van der Waals surface area contributed by atoms with Crippen molar-refractivity contribution >= 4 is 22.9 Å². The molecule has 0 unspecified atom stereocenters. The number of nitriles is 1. The number of anilines is 1. The topological polar surface area (TPSA) is 48.7 Å². The number of hydrogen-bond acceptors (Lipinski definition) is 3. The molecule has 1 aliphatic rings. The lowest BCUT2D eigenvalue weighted by Crippen LogP contribution is -1.98. The van der Waals surface area contributed by atoms with E-state index in [9.17, 15) is 0 Å². The molecule has 0 aromatic carbocycles. The van der Waals surface area contributed by atoms with Gasteiger partial charge in [-0.05, 0) is 6.07 Å². The Balaban J connectivity index is 2.64. The number of hydrogen-bond donors (Lipinski definition) is 1. The van der Waals surface area contributed by atoms with Crippen LogP contribution in [0.4, 0.5) is 5.69 Å². The second-order valence-electron chi connectivity index (χ2n) is 3.00. The lowest BCUT2D eigenvalue weighted by Gasteiger charge is -2.08. The molecule has 1 heterocycles. The van der Waals surface area contributed by atoms with E-state index in [0.29, 0.717) is 17.1 Å². The Hall–Kier alpha value is -1.53. The Morgan fingerprint density at radius 3 is 3.07 bits per heavy atom. The molecule has 1 N–H and O–H groups in total. The molecule has 0 radical (unpaired) electrons. The predicted octanol–water partition coefficient (Wildman–Crippen LogP) is 2.24. The van der Waals surface area contributed by atoms with Crippen LogP contribution in [-0.2, 0) is 6.42 Å². The summed E-state index contributed by atoms with van der Waals surface area (Å²) in [5.74, 6) is 0. The van der Waals surface area contributed by atoms with Gasteiger partial charge in [0.1, 0.15) is 5.15 Å². The molecule has 1 aromatic rings. The number of allylic oxidation sites excluding steroid dienone is 2. The molecule has 0 amide bonds. The van der Waals surface area contributed by atoms with Crippen molar-refractivity contribution < 1.29 is 0 Å². The van der Waals surface area contributed by atoms with Crippen LogP contribution in [0.25, 0.3) is 5.57 Å². The molecular weight excluding hydrogens is 198 g/mol. The first-order valence-electron chi connectivity index (χ1n) is 4.24. The fourth-order valence-electron chi connectivity index (χ4n) is 1.61. The van der Waals surface area contributed by atoms with Gasteiger partial charge in [-0.25, -0.2) is 4.98 Å². The van der Waals surface area contributed by atoms with Crippen molar-refractivity contribution in [1.82, 2.24) is 4.98 Å². The average molecular weight is 206 g/mol. The van der Waals surface area contributed by atoms with Crippen molar-refractivity contribution in [3.05, 3.63) is 28.6 Å². The summed E-state index contributed by atoms with van der Waals surface area (Å²) in [6, 6.07) is 3.89. The van der Waals surface area contributed by atoms with E-state index in [1.807, 2.05) is 6.08 Å². The SMILES string of the molecule is CNc1cc(Cl)nc2c1C(C#N)=CC2. The Kier molecular flexibility index (Phi) is 2.14. The monoisotopic (exact) mass is 205 g/mol. The van der Waals surface area contributed by atoms with Gasteiger partial charge in [0.15, 0.2) is 0 Å².